The topological polar surface area (TPSA) is 74.8 Å². The van der Waals surface area contributed by atoms with E-state index in [1.807, 2.05) is 0 Å². The lowest BCUT2D eigenvalue weighted by atomic mass is 10.1. The van der Waals surface area contributed by atoms with Crippen LogP contribution >= 0.6 is 0 Å². The summed E-state index contributed by atoms with van der Waals surface area (Å²) in [5, 5.41) is 0. The van der Waals surface area contributed by atoms with Crippen LogP contribution in [-0.4, -0.2) is 37.3 Å². The fourth-order valence-corrected chi connectivity index (χ4v) is 2.85. The summed E-state index contributed by atoms with van der Waals surface area (Å²) in [5.74, 6) is -1.21. The number of aromatic nitrogens is 4. The third-order valence-electron chi connectivity index (χ3n) is 4.09. The van der Waals surface area contributed by atoms with Crippen LogP contribution in [0, 0.1) is 11.6 Å². The van der Waals surface area contributed by atoms with Crippen LogP contribution in [0.5, 0.6) is 0 Å². The quantitative estimate of drug-likeness (QED) is 0.776. The molecule has 2 aromatic heterocycles. The number of H-pyrrole nitrogens is 1. The second-order valence-electron chi connectivity index (χ2n) is 5.70. The second-order valence-corrected chi connectivity index (χ2v) is 5.70. The predicted molar refractivity (Wildman–Crippen MR) is 84.4 cm³/mol. The zero-order chi connectivity index (χ0) is 17.4. The Morgan fingerprint density at radius 3 is 2.88 bits per heavy atom. The number of amides is 1. The maximum absolute atomic E-state index is 13.9. The van der Waals surface area contributed by atoms with E-state index in [2.05, 4.69) is 19.9 Å². The average Bonchev–Trinajstić information content (AvgIpc) is 3.04. The Hall–Kier alpha value is -3.16. The van der Waals surface area contributed by atoms with E-state index < -0.39 is 11.6 Å². The molecule has 1 aliphatic rings. The molecule has 25 heavy (non-hydrogen) atoms. The third kappa shape index (κ3) is 2.86. The van der Waals surface area contributed by atoms with Crippen LogP contribution in [0.4, 0.5) is 8.78 Å². The van der Waals surface area contributed by atoms with Gasteiger partial charge in [0.2, 0.25) is 0 Å². The van der Waals surface area contributed by atoms with Crippen molar-refractivity contribution in [2.24, 2.45) is 0 Å². The monoisotopic (exact) mass is 341 g/mol. The number of nitrogens with one attached hydrogen (secondary N) is 1. The molecule has 0 aliphatic carbocycles. The molecule has 1 aromatic carbocycles. The molecule has 0 saturated carbocycles. The number of hydrogen-bond acceptors (Lipinski definition) is 4. The summed E-state index contributed by atoms with van der Waals surface area (Å²) >= 11 is 0. The van der Waals surface area contributed by atoms with Crippen molar-refractivity contribution in [1.82, 2.24) is 24.8 Å². The number of aromatic amines is 1. The Kier molecular flexibility index (Phi) is 3.72. The van der Waals surface area contributed by atoms with Crippen molar-refractivity contribution < 1.29 is 13.6 Å². The highest BCUT2D eigenvalue weighted by molar-refractivity contribution is 5.92. The number of fused-ring (bicyclic) bond motifs is 1. The van der Waals surface area contributed by atoms with Crippen molar-refractivity contribution in [3.05, 3.63) is 65.5 Å². The Labute approximate surface area is 141 Å². The lowest BCUT2D eigenvalue weighted by Gasteiger charge is -2.25. The van der Waals surface area contributed by atoms with Gasteiger partial charge in [0.15, 0.2) is 0 Å². The molecule has 126 valence electrons. The molecular weight excluding hydrogens is 328 g/mol. The number of nitrogens with zero attached hydrogens (tertiary/aromatic N) is 4. The maximum atomic E-state index is 13.9. The first-order valence-corrected chi connectivity index (χ1v) is 7.70. The van der Waals surface area contributed by atoms with Crippen LogP contribution in [-0.2, 0) is 13.0 Å². The molecule has 8 heteroatoms. The van der Waals surface area contributed by atoms with E-state index in [0.717, 1.165) is 17.5 Å². The minimum absolute atomic E-state index is 0.197. The summed E-state index contributed by atoms with van der Waals surface area (Å²) in [6, 6.07) is 3.35. The van der Waals surface area contributed by atoms with Crippen LogP contribution in [0.1, 0.15) is 21.9 Å². The van der Waals surface area contributed by atoms with Crippen molar-refractivity contribution in [3.63, 3.8) is 0 Å². The average molecular weight is 341 g/mol. The number of imidazole rings is 1. The van der Waals surface area contributed by atoms with Gasteiger partial charge in [-0.15, -0.1) is 0 Å². The molecule has 0 saturated heterocycles. The Morgan fingerprint density at radius 1 is 1.24 bits per heavy atom. The number of carbonyl (C=O) groups excluding carboxylic acids is 1. The van der Waals surface area contributed by atoms with E-state index in [1.54, 1.807) is 4.90 Å². The summed E-state index contributed by atoms with van der Waals surface area (Å²) in [6.45, 7) is 0.805. The van der Waals surface area contributed by atoms with Crippen molar-refractivity contribution in [2.45, 2.75) is 13.0 Å². The van der Waals surface area contributed by atoms with Gasteiger partial charge in [0.05, 0.1) is 29.7 Å². The van der Waals surface area contributed by atoms with Gasteiger partial charge in [-0.05, 0) is 12.1 Å². The minimum Gasteiger partial charge on any atom is -0.340 e. The van der Waals surface area contributed by atoms with Gasteiger partial charge in [-0.2, -0.15) is 0 Å². The highest BCUT2D eigenvalue weighted by Gasteiger charge is 2.26. The predicted octanol–water partition coefficient (Wildman–Crippen LogP) is 2.34. The van der Waals surface area contributed by atoms with Crippen LogP contribution in [0.25, 0.3) is 11.4 Å². The lowest BCUT2D eigenvalue weighted by Crippen LogP contribution is -2.36. The molecule has 0 fully saturated rings. The normalized spacial score (nSPS) is 13.6. The molecule has 6 nitrogen and oxygen atoms in total. The van der Waals surface area contributed by atoms with E-state index in [0.29, 0.717) is 25.3 Å². The fourth-order valence-electron chi connectivity index (χ4n) is 2.85. The zero-order valence-electron chi connectivity index (χ0n) is 13.0. The molecule has 0 atom stereocenters. The Bertz CT molecular complexity index is 941. The van der Waals surface area contributed by atoms with E-state index in [9.17, 15) is 13.6 Å². The summed E-state index contributed by atoms with van der Waals surface area (Å²) < 4.78 is 27.0. The smallest absolute Gasteiger partial charge is 0.274 e. The molecule has 0 bridgehead atoms. The Balaban J connectivity index is 1.60. The number of carbonyl (C=O) groups is 1. The summed E-state index contributed by atoms with van der Waals surface area (Å²) in [6.07, 6.45) is 4.93. The lowest BCUT2D eigenvalue weighted by molar-refractivity contribution is 0.0725. The van der Waals surface area contributed by atoms with E-state index in [-0.39, 0.29) is 17.2 Å². The standard InChI is InChI=1S/C17H13F2N5O/c18-10-1-2-11(12(19)7-10)16-22-13-3-6-24(9-15(13)23-16)17(25)14-8-20-4-5-21-14/h1-2,4-5,7-8H,3,6,9H2,(H,22,23). The van der Waals surface area contributed by atoms with Gasteiger partial charge in [0, 0.05) is 31.4 Å². The number of rotatable bonds is 2. The van der Waals surface area contributed by atoms with Gasteiger partial charge < -0.3 is 9.88 Å². The molecule has 0 unspecified atom stereocenters. The minimum atomic E-state index is -0.682. The van der Waals surface area contributed by atoms with Gasteiger partial charge in [0.1, 0.15) is 23.2 Å². The van der Waals surface area contributed by atoms with Crippen molar-refractivity contribution in [1.29, 1.82) is 0 Å². The highest BCUT2D eigenvalue weighted by Crippen LogP contribution is 2.25. The Morgan fingerprint density at radius 2 is 2.12 bits per heavy atom. The second kappa shape index (κ2) is 6.04. The van der Waals surface area contributed by atoms with E-state index in [4.69, 9.17) is 0 Å². The van der Waals surface area contributed by atoms with E-state index >= 15 is 0 Å². The molecule has 0 spiro atoms. The largest absolute Gasteiger partial charge is 0.340 e. The molecule has 1 N–H and O–H groups in total. The van der Waals surface area contributed by atoms with Crippen LogP contribution in [0.3, 0.4) is 0 Å². The molecular formula is C17H13F2N5O. The molecule has 3 heterocycles. The van der Waals surface area contributed by atoms with Gasteiger partial charge in [-0.25, -0.2) is 18.7 Å². The fraction of sp³-hybridized carbons (Fsp3) is 0.176. The van der Waals surface area contributed by atoms with Crippen LogP contribution in [0.2, 0.25) is 0 Å². The summed E-state index contributed by atoms with van der Waals surface area (Å²) in [5.41, 5.74) is 1.99. The first kappa shape index (κ1) is 15.4. The third-order valence-corrected chi connectivity index (χ3v) is 4.09. The summed E-state index contributed by atoms with van der Waals surface area (Å²) in [4.78, 5) is 29.5. The van der Waals surface area contributed by atoms with Gasteiger partial charge in [-0.1, -0.05) is 0 Å². The van der Waals surface area contributed by atoms with Crippen molar-refractivity contribution >= 4 is 5.91 Å². The van der Waals surface area contributed by atoms with Crippen LogP contribution < -0.4 is 0 Å². The summed E-state index contributed by atoms with van der Waals surface area (Å²) in [7, 11) is 0. The molecule has 1 aliphatic heterocycles. The molecule has 1 amide bonds. The molecule has 3 aromatic rings. The molecule has 4 rings (SSSR count). The maximum Gasteiger partial charge on any atom is 0.274 e. The first-order valence-electron chi connectivity index (χ1n) is 7.70. The number of hydrogen-bond donors (Lipinski definition) is 1. The van der Waals surface area contributed by atoms with Crippen molar-refractivity contribution in [3.8, 4) is 11.4 Å². The number of halogens is 2. The van der Waals surface area contributed by atoms with Gasteiger partial charge in [-0.3, -0.25) is 9.78 Å². The van der Waals surface area contributed by atoms with Crippen LogP contribution in [0.15, 0.2) is 36.8 Å². The zero-order valence-corrected chi connectivity index (χ0v) is 13.0. The van der Waals surface area contributed by atoms with Gasteiger partial charge >= 0.3 is 0 Å². The first-order chi connectivity index (χ1) is 12.1. The van der Waals surface area contributed by atoms with Gasteiger partial charge in [0.25, 0.3) is 5.91 Å². The number of benzene rings is 1. The van der Waals surface area contributed by atoms with E-state index in [1.165, 1.54) is 30.7 Å². The molecule has 0 radical (unpaired) electrons. The van der Waals surface area contributed by atoms with Crippen molar-refractivity contribution in [2.75, 3.05) is 6.54 Å². The SMILES string of the molecule is O=C(c1cnccn1)N1CCc2nc(-c3ccc(F)cc3F)[nH]c2C1. The highest BCUT2D eigenvalue weighted by atomic mass is 19.1.